The van der Waals surface area contributed by atoms with Gasteiger partial charge >= 0.3 is 0 Å². The molecule has 0 fully saturated rings. The molecule has 1 amide bonds. The SMILES string of the molecule is COCc1c(OCc2ccccc2)ccnc1C(=O)N(CCO)Cc1ccc(F)cc1. The minimum absolute atomic E-state index is 0.111. The summed E-state index contributed by atoms with van der Waals surface area (Å²) in [6, 6.07) is 17.3. The Labute approximate surface area is 180 Å². The lowest BCUT2D eigenvalue weighted by Crippen LogP contribution is -2.34. The highest BCUT2D eigenvalue weighted by Gasteiger charge is 2.23. The molecule has 6 nitrogen and oxygen atoms in total. The zero-order chi connectivity index (χ0) is 22.1. The van der Waals surface area contributed by atoms with E-state index in [1.165, 1.54) is 30.3 Å². The van der Waals surface area contributed by atoms with Crippen LogP contribution in [0.4, 0.5) is 4.39 Å². The third-order valence-electron chi connectivity index (χ3n) is 4.69. The number of hydrogen-bond donors (Lipinski definition) is 1. The molecule has 3 aromatic rings. The monoisotopic (exact) mass is 424 g/mol. The topological polar surface area (TPSA) is 71.9 Å². The highest BCUT2D eigenvalue weighted by atomic mass is 19.1. The van der Waals surface area contributed by atoms with Crippen LogP contribution in [0.3, 0.4) is 0 Å². The Bertz CT molecular complexity index is 981. The lowest BCUT2D eigenvalue weighted by Gasteiger charge is -2.23. The third kappa shape index (κ3) is 6.10. The predicted molar refractivity (Wildman–Crippen MR) is 114 cm³/mol. The molecule has 2 aromatic carbocycles. The maximum Gasteiger partial charge on any atom is 0.273 e. The normalized spacial score (nSPS) is 10.7. The third-order valence-corrected chi connectivity index (χ3v) is 4.69. The van der Waals surface area contributed by atoms with Crippen LogP contribution >= 0.6 is 0 Å². The number of pyridine rings is 1. The first kappa shape index (κ1) is 22.4. The van der Waals surface area contributed by atoms with E-state index in [4.69, 9.17) is 9.47 Å². The number of aliphatic hydroxyl groups excluding tert-OH is 1. The van der Waals surface area contributed by atoms with E-state index in [1.807, 2.05) is 30.3 Å². The average molecular weight is 424 g/mol. The predicted octanol–water partition coefficient (Wildman–Crippen LogP) is 3.58. The molecule has 0 aliphatic heterocycles. The van der Waals surface area contributed by atoms with Crippen molar-refractivity contribution in [2.45, 2.75) is 19.8 Å². The molecule has 0 radical (unpaired) electrons. The number of methoxy groups -OCH3 is 1. The number of rotatable bonds is 10. The maximum atomic E-state index is 13.3. The Morgan fingerprint density at radius 3 is 2.45 bits per heavy atom. The summed E-state index contributed by atoms with van der Waals surface area (Å²) in [6.45, 7) is 0.590. The molecule has 0 unspecified atom stereocenters. The van der Waals surface area contributed by atoms with Gasteiger partial charge in [0.1, 0.15) is 23.9 Å². The van der Waals surface area contributed by atoms with E-state index in [2.05, 4.69) is 4.98 Å². The maximum absolute atomic E-state index is 13.3. The second-order valence-electron chi connectivity index (χ2n) is 6.92. The van der Waals surface area contributed by atoms with E-state index in [0.717, 1.165) is 11.1 Å². The number of aromatic nitrogens is 1. The van der Waals surface area contributed by atoms with Crippen molar-refractivity contribution in [1.82, 2.24) is 9.88 Å². The Balaban J connectivity index is 1.85. The van der Waals surface area contributed by atoms with Gasteiger partial charge in [-0.3, -0.25) is 9.78 Å². The van der Waals surface area contributed by atoms with Gasteiger partial charge in [-0.1, -0.05) is 42.5 Å². The summed E-state index contributed by atoms with van der Waals surface area (Å²) < 4.78 is 24.5. The summed E-state index contributed by atoms with van der Waals surface area (Å²) in [7, 11) is 1.53. The number of hydrogen-bond acceptors (Lipinski definition) is 5. The quantitative estimate of drug-likeness (QED) is 0.539. The molecule has 1 aromatic heterocycles. The van der Waals surface area contributed by atoms with Crippen LogP contribution in [0, 0.1) is 5.82 Å². The van der Waals surface area contributed by atoms with E-state index in [-0.39, 0.29) is 43.7 Å². The Kier molecular flexibility index (Phi) is 8.09. The van der Waals surface area contributed by atoms with E-state index in [0.29, 0.717) is 17.9 Å². The second kappa shape index (κ2) is 11.2. The molecule has 1 N–H and O–H groups in total. The molecule has 3 rings (SSSR count). The fourth-order valence-electron chi connectivity index (χ4n) is 3.15. The molecule has 0 saturated carbocycles. The Hall–Kier alpha value is -3.29. The number of amides is 1. The van der Waals surface area contributed by atoms with Crippen molar-refractivity contribution < 1.29 is 23.8 Å². The molecule has 0 aliphatic rings. The van der Waals surface area contributed by atoms with Crippen LogP contribution in [0.2, 0.25) is 0 Å². The van der Waals surface area contributed by atoms with E-state index < -0.39 is 0 Å². The molecule has 0 saturated heterocycles. The summed E-state index contributed by atoms with van der Waals surface area (Å²) in [4.78, 5) is 19.0. The van der Waals surface area contributed by atoms with Crippen LogP contribution < -0.4 is 4.74 Å². The van der Waals surface area contributed by atoms with Gasteiger partial charge in [0, 0.05) is 26.4 Å². The molecule has 0 spiro atoms. The molecular formula is C24H25FN2O4. The van der Waals surface area contributed by atoms with Crippen molar-refractivity contribution in [3.63, 3.8) is 0 Å². The Morgan fingerprint density at radius 1 is 1.03 bits per heavy atom. The van der Waals surface area contributed by atoms with Crippen LogP contribution in [-0.2, 0) is 24.5 Å². The zero-order valence-corrected chi connectivity index (χ0v) is 17.3. The number of aliphatic hydroxyl groups is 1. The number of benzene rings is 2. The van der Waals surface area contributed by atoms with Gasteiger partial charge in [0.25, 0.3) is 5.91 Å². The average Bonchev–Trinajstić information content (AvgIpc) is 2.80. The molecule has 162 valence electrons. The van der Waals surface area contributed by atoms with E-state index in [9.17, 15) is 14.3 Å². The zero-order valence-electron chi connectivity index (χ0n) is 17.3. The molecule has 0 bridgehead atoms. The summed E-state index contributed by atoms with van der Waals surface area (Å²) in [6.07, 6.45) is 1.52. The summed E-state index contributed by atoms with van der Waals surface area (Å²) >= 11 is 0. The standard InChI is InChI=1S/C24H25FN2O4/c1-30-17-21-22(31-16-19-5-3-2-4-6-19)11-12-26-23(21)24(29)27(13-14-28)15-18-7-9-20(25)10-8-18/h2-12,28H,13-17H2,1H3. The highest BCUT2D eigenvalue weighted by Crippen LogP contribution is 2.24. The van der Waals surface area contributed by atoms with E-state index >= 15 is 0 Å². The fourth-order valence-corrected chi connectivity index (χ4v) is 3.15. The van der Waals surface area contributed by atoms with Crippen LogP contribution in [0.5, 0.6) is 5.75 Å². The van der Waals surface area contributed by atoms with Crippen molar-refractivity contribution in [1.29, 1.82) is 0 Å². The van der Waals surface area contributed by atoms with Gasteiger partial charge in [-0.25, -0.2) is 4.39 Å². The lowest BCUT2D eigenvalue weighted by atomic mass is 10.1. The van der Waals surface area contributed by atoms with Crippen molar-refractivity contribution in [3.05, 3.63) is 95.1 Å². The van der Waals surface area contributed by atoms with Crippen LogP contribution in [-0.4, -0.2) is 41.2 Å². The van der Waals surface area contributed by atoms with Crippen LogP contribution in [0.15, 0.2) is 66.9 Å². The molecule has 0 aliphatic carbocycles. The smallest absolute Gasteiger partial charge is 0.273 e. The van der Waals surface area contributed by atoms with Gasteiger partial charge in [0.05, 0.1) is 18.8 Å². The molecular weight excluding hydrogens is 399 g/mol. The molecule has 31 heavy (non-hydrogen) atoms. The van der Waals surface area contributed by atoms with Gasteiger partial charge in [0.15, 0.2) is 0 Å². The van der Waals surface area contributed by atoms with Crippen LogP contribution in [0.25, 0.3) is 0 Å². The van der Waals surface area contributed by atoms with Crippen molar-refractivity contribution in [3.8, 4) is 5.75 Å². The second-order valence-corrected chi connectivity index (χ2v) is 6.92. The van der Waals surface area contributed by atoms with Crippen molar-refractivity contribution in [2.75, 3.05) is 20.3 Å². The summed E-state index contributed by atoms with van der Waals surface area (Å²) in [5.41, 5.74) is 2.47. The lowest BCUT2D eigenvalue weighted by molar-refractivity contribution is 0.0695. The number of carbonyl (C=O) groups is 1. The Morgan fingerprint density at radius 2 is 1.77 bits per heavy atom. The van der Waals surface area contributed by atoms with Gasteiger partial charge in [-0.05, 0) is 29.3 Å². The summed E-state index contributed by atoms with van der Waals surface area (Å²) in [5.74, 6) is -0.207. The fraction of sp³-hybridized carbons (Fsp3) is 0.250. The van der Waals surface area contributed by atoms with Gasteiger partial charge < -0.3 is 19.5 Å². The van der Waals surface area contributed by atoms with Crippen molar-refractivity contribution in [2.24, 2.45) is 0 Å². The summed E-state index contributed by atoms with van der Waals surface area (Å²) in [5, 5.41) is 9.47. The van der Waals surface area contributed by atoms with Gasteiger partial charge in [-0.2, -0.15) is 0 Å². The number of ether oxygens (including phenoxy) is 2. The molecule has 1 heterocycles. The number of carbonyl (C=O) groups excluding carboxylic acids is 1. The molecule has 7 heteroatoms. The number of halogens is 1. The van der Waals surface area contributed by atoms with Crippen LogP contribution in [0.1, 0.15) is 27.2 Å². The molecule has 0 atom stereocenters. The first-order valence-electron chi connectivity index (χ1n) is 9.90. The highest BCUT2D eigenvalue weighted by molar-refractivity contribution is 5.94. The van der Waals surface area contributed by atoms with E-state index in [1.54, 1.807) is 18.2 Å². The van der Waals surface area contributed by atoms with Gasteiger partial charge in [0.2, 0.25) is 0 Å². The minimum atomic E-state index is -0.365. The first-order chi connectivity index (χ1) is 15.1. The van der Waals surface area contributed by atoms with Gasteiger partial charge in [-0.15, -0.1) is 0 Å². The first-order valence-corrected chi connectivity index (χ1v) is 9.90. The number of nitrogens with zero attached hydrogens (tertiary/aromatic N) is 2. The van der Waals surface area contributed by atoms with Crippen molar-refractivity contribution >= 4 is 5.91 Å². The minimum Gasteiger partial charge on any atom is -0.488 e. The largest absolute Gasteiger partial charge is 0.488 e.